The van der Waals surface area contributed by atoms with Crippen LogP contribution in [0, 0.1) is 0 Å². The van der Waals surface area contributed by atoms with Gasteiger partial charge >= 0.3 is 0 Å². The first-order valence-electron chi connectivity index (χ1n) is 8.59. The van der Waals surface area contributed by atoms with Crippen LogP contribution in [-0.4, -0.2) is 71.3 Å². The molecule has 0 aromatic carbocycles. The van der Waals surface area contributed by atoms with Gasteiger partial charge < -0.3 is 14.7 Å². The maximum Gasteiger partial charge on any atom is 0.245 e. The van der Waals surface area contributed by atoms with Crippen LogP contribution in [0.15, 0.2) is 12.7 Å². The lowest BCUT2D eigenvalue weighted by molar-refractivity contribution is -0.134. The molecule has 0 radical (unpaired) electrons. The molecular weight excluding hydrogens is 278 g/mol. The van der Waals surface area contributed by atoms with Crippen molar-refractivity contribution in [3.05, 3.63) is 12.7 Å². The molecule has 0 unspecified atom stereocenters. The van der Waals surface area contributed by atoms with Crippen molar-refractivity contribution < 1.29 is 9.59 Å². The molecule has 3 saturated heterocycles. The van der Waals surface area contributed by atoms with Gasteiger partial charge in [-0.15, -0.1) is 0 Å². The average molecular weight is 305 g/mol. The van der Waals surface area contributed by atoms with Gasteiger partial charge in [0, 0.05) is 38.1 Å². The largest absolute Gasteiger partial charge is 0.339 e. The van der Waals surface area contributed by atoms with Crippen molar-refractivity contribution in [1.82, 2.24) is 14.7 Å². The summed E-state index contributed by atoms with van der Waals surface area (Å²) in [4.78, 5) is 30.5. The van der Waals surface area contributed by atoms with Gasteiger partial charge in [-0.3, -0.25) is 9.59 Å². The molecule has 3 aliphatic rings. The zero-order valence-electron chi connectivity index (χ0n) is 13.4. The maximum atomic E-state index is 12.3. The Balaban J connectivity index is 1.60. The summed E-state index contributed by atoms with van der Waals surface area (Å²) in [7, 11) is 0. The van der Waals surface area contributed by atoms with Gasteiger partial charge in [-0.1, -0.05) is 6.58 Å². The quantitative estimate of drug-likeness (QED) is 0.734. The van der Waals surface area contributed by atoms with E-state index >= 15 is 0 Å². The van der Waals surface area contributed by atoms with Crippen LogP contribution < -0.4 is 0 Å². The fourth-order valence-electron chi connectivity index (χ4n) is 4.28. The van der Waals surface area contributed by atoms with Gasteiger partial charge in [0.1, 0.15) is 0 Å². The summed E-state index contributed by atoms with van der Waals surface area (Å²) in [5, 5.41) is 0. The number of amides is 2. The molecule has 3 rings (SSSR count). The highest BCUT2D eigenvalue weighted by atomic mass is 16.2. The summed E-state index contributed by atoms with van der Waals surface area (Å²) in [5.74, 6) is 0.325. The molecule has 0 bridgehead atoms. The smallest absolute Gasteiger partial charge is 0.245 e. The fraction of sp³-hybridized carbons (Fsp3) is 0.765. The van der Waals surface area contributed by atoms with Gasteiger partial charge in [-0.25, -0.2) is 0 Å². The number of rotatable bonds is 4. The average Bonchev–Trinajstić information content (AvgIpc) is 3.15. The van der Waals surface area contributed by atoms with Crippen LogP contribution in [0.3, 0.4) is 0 Å². The molecule has 2 amide bonds. The van der Waals surface area contributed by atoms with Crippen LogP contribution in [-0.2, 0) is 9.59 Å². The van der Waals surface area contributed by atoms with Crippen molar-refractivity contribution in [1.29, 1.82) is 0 Å². The summed E-state index contributed by atoms with van der Waals surface area (Å²) in [6.07, 6.45) is 7.44. The van der Waals surface area contributed by atoms with Gasteiger partial charge in [0.05, 0.1) is 0 Å². The van der Waals surface area contributed by atoms with Crippen LogP contribution in [0.2, 0.25) is 0 Å². The Morgan fingerprint density at radius 1 is 1.09 bits per heavy atom. The zero-order chi connectivity index (χ0) is 15.6. The summed E-state index contributed by atoms with van der Waals surface area (Å²) < 4.78 is 0. The van der Waals surface area contributed by atoms with Crippen molar-refractivity contribution in [3.8, 4) is 0 Å². The monoisotopic (exact) mass is 305 g/mol. The number of likely N-dealkylation sites (tertiary alicyclic amines) is 3. The number of piperidine rings is 1. The Hall–Kier alpha value is -1.36. The third-order valence-corrected chi connectivity index (χ3v) is 5.70. The molecule has 0 saturated carbocycles. The summed E-state index contributed by atoms with van der Waals surface area (Å²) in [6.45, 7) is 9.27. The second-order valence-corrected chi connectivity index (χ2v) is 6.85. The highest BCUT2D eigenvalue weighted by molar-refractivity contribution is 5.87. The van der Waals surface area contributed by atoms with Crippen molar-refractivity contribution in [3.63, 3.8) is 0 Å². The predicted molar refractivity (Wildman–Crippen MR) is 85.4 cm³/mol. The van der Waals surface area contributed by atoms with Gasteiger partial charge in [-0.2, -0.15) is 0 Å². The zero-order valence-corrected chi connectivity index (χ0v) is 13.4. The molecule has 5 nitrogen and oxygen atoms in total. The topological polar surface area (TPSA) is 43.9 Å². The molecule has 5 heteroatoms. The standard InChI is InChI=1S/C17H27N3O2/c1-2-15(21)19-11-7-17(8-12-19)6-5-16(22)20(17)14-13-18-9-3-4-10-18/h2H,1,3-14H2. The Bertz CT molecular complexity index is 449. The predicted octanol–water partition coefficient (Wildman–Crippen LogP) is 1.25. The lowest BCUT2D eigenvalue weighted by Crippen LogP contribution is -2.55. The lowest BCUT2D eigenvalue weighted by atomic mass is 9.85. The number of carbonyl (C=O) groups excluding carboxylic acids is 2. The number of nitrogens with zero attached hydrogens (tertiary/aromatic N) is 3. The minimum atomic E-state index is 0.00869. The van der Waals surface area contributed by atoms with Gasteiger partial charge in [-0.05, 0) is 51.3 Å². The number of hydrogen-bond acceptors (Lipinski definition) is 3. The third-order valence-electron chi connectivity index (χ3n) is 5.70. The van der Waals surface area contributed by atoms with E-state index in [0.717, 1.165) is 45.4 Å². The summed E-state index contributed by atoms with van der Waals surface area (Å²) in [6, 6.07) is 0. The molecule has 0 aliphatic carbocycles. The van der Waals surface area contributed by atoms with E-state index in [-0.39, 0.29) is 11.4 Å². The molecule has 0 N–H and O–H groups in total. The lowest BCUT2D eigenvalue weighted by Gasteiger charge is -2.45. The molecule has 0 aromatic rings. The molecule has 3 fully saturated rings. The molecule has 3 heterocycles. The van der Waals surface area contributed by atoms with Crippen molar-refractivity contribution in [2.24, 2.45) is 0 Å². The summed E-state index contributed by atoms with van der Waals surface area (Å²) >= 11 is 0. The van der Waals surface area contributed by atoms with Crippen molar-refractivity contribution in [2.45, 2.75) is 44.1 Å². The second-order valence-electron chi connectivity index (χ2n) is 6.85. The minimum Gasteiger partial charge on any atom is -0.339 e. The van der Waals surface area contributed by atoms with Gasteiger partial charge in [0.15, 0.2) is 0 Å². The normalized spacial score (nSPS) is 25.2. The molecule has 3 aliphatic heterocycles. The van der Waals surface area contributed by atoms with E-state index in [1.165, 1.54) is 32.0 Å². The van der Waals surface area contributed by atoms with Crippen LogP contribution in [0.25, 0.3) is 0 Å². The van der Waals surface area contributed by atoms with E-state index in [4.69, 9.17) is 0 Å². The van der Waals surface area contributed by atoms with E-state index in [9.17, 15) is 9.59 Å². The Labute approximate surface area is 132 Å². The highest BCUT2D eigenvalue weighted by Crippen LogP contribution is 2.39. The molecule has 0 atom stereocenters. The Kier molecular flexibility index (Phi) is 4.52. The van der Waals surface area contributed by atoms with E-state index in [0.29, 0.717) is 12.3 Å². The molecular formula is C17H27N3O2. The van der Waals surface area contributed by atoms with E-state index < -0.39 is 0 Å². The van der Waals surface area contributed by atoms with E-state index in [2.05, 4.69) is 16.4 Å². The third kappa shape index (κ3) is 2.91. The number of hydrogen-bond donors (Lipinski definition) is 0. The molecule has 1 spiro atoms. The van der Waals surface area contributed by atoms with Crippen LogP contribution in [0.4, 0.5) is 0 Å². The Morgan fingerprint density at radius 2 is 1.77 bits per heavy atom. The van der Waals surface area contributed by atoms with Crippen molar-refractivity contribution in [2.75, 3.05) is 39.3 Å². The minimum absolute atomic E-state index is 0.00869. The van der Waals surface area contributed by atoms with Crippen LogP contribution >= 0.6 is 0 Å². The van der Waals surface area contributed by atoms with Gasteiger partial charge in [0.25, 0.3) is 0 Å². The van der Waals surface area contributed by atoms with E-state index in [1.807, 2.05) is 4.90 Å². The SMILES string of the molecule is C=CC(=O)N1CCC2(CCC(=O)N2CCN2CCCC2)CC1. The number of carbonyl (C=O) groups is 2. The first-order valence-corrected chi connectivity index (χ1v) is 8.59. The highest BCUT2D eigenvalue weighted by Gasteiger charge is 2.47. The first kappa shape index (κ1) is 15.5. The van der Waals surface area contributed by atoms with E-state index in [1.54, 1.807) is 0 Å². The van der Waals surface area contributed by atoms with Crippen LogP contribution in [0.1, 0.15) is 38.5 Å². The molecule has 0 aromatic heterocycles. The molecule has 122 valence electrons. The van der Waals surface area contributed by atoms with Gasteiger partial charge in [0.2, 0.25) is 11.8 Å². The first-order chi connectivity index (χ1) is 10.6. The fourth-order valence-corrected chi connectivity index (χ4v) is 4.28. The molecule has 22 heavy (non-hydrogen) atoms. The maximum absolute atomic E-state index is 12.3. The van der Waals surface area contributed by atoms with Crippen LogP contribution in [0.5, 0.6) is 0 Å². The Morgan fingerprint density at radius 3 is 2.41 bits per heavy atom. The van der Waals surface area contributed by atoms with Crippen molar-refractivity contribution >= 4 is 11.8 Å². The second kappa shape index (κ2) is 6.41. The summed E-state index contributed by atoms with van der Waals surface area (Å²) in [5.41, 5.74) is 0.00869.